The zero-order chi connectivity index (χ0) is 14.5. The SMILES string of the molecule is CCCCC(CC)COCC(O)CNCC(C)CC. The maximum Gasteiger partial charge on any atom is 0.0897 e. The number of hydrogen-bond acceptors (Lipinski definition) is 3. The van der Waals surface area contributed by atoms with Crippen molar-refractivity contribution in [3.8, 4) is 0 Å². The van der Waals surface area contributed by atoms with Crippen LogP contribution >= 0.6 is 0 Å². The molecule has 3 heteroatoms. The van der Waals surface area contributed by atoms with Crippen LogP contribution < -0.4 is 5.32 Å². The average Bonchev–Trinajstić information content (AvgIpc) is 2.42. The van der Waals surface area contributed by atoms with Crippen LogP contribution in [0.15, 0.2) is 0 Å². The van der Waals surface area contributed by atoms with E-state index in [0.717, 1.165) is 13.2 Å². The fourth-order valence-corrected chi connectivity index (χ4v) is 1.97. The highest BCUT2D eigenvalue weighted by Crippen LogP contribution is 2.12. The van der Waals surface area contributed by atoms with Crippen molar-refractivity contribution in [1.29, 1.82) is 0 Å². The van der Waals surface area contributed by atoms with Crippen molar-refractivity contribution in [2.75, 3.05) is 26.3 Å². The number of aliphatic hydroxyl groups excluding tert-OH is 1. The van der Waals surface area contributed by atoms with E-state index in [-0.39, 0.29) is 6.10 Å². The van der Waals surface area contributed by atoms with Crippen LogP contribution in [-0.4, -0.2) is 37.5 Å². The highest BCUT2D eigenvalue weighted by Gasteiger charge is 2.09. The molecule has 3 unspecified atom stereocenters. The fraction of sp³-hybridized carbons (Fsp3) is 1.00. The molecule has 19 heavy (non-hydrogen) atoms. The maximum atomic E-state index is 9.81. The van der Waals surface area contributed by atoms with Crippen molar-refractivity contribution in [3.05, 3.63) is 0 Å². The minimum absolute atomic E-state index is 0.382. The van der Waals surface area contributed by atoms with E-state index in [9.17, 15) is 5.11 Å². The van der Waals surface area contributed by atoms with Gasteiger partial charge < -0.3 is 15.2 Å². The molecule has 0 fully saturated rings. The molecule has 0 spiro atoms. The molecule has 0 amide bonds. The summed E-state index contributed by atoms with van der Waals surface area (Å²) in [5.74, 6) is 1.33. The van der Waals surface area contributed by atoms with E-state index in [1.807, 2.05) is 0 Å². The summed E-state index contributed by atoms with van der Waals surface area (Å²) in [6.07, 6.45) is 5.74. The fourth-order valence-electron chi connectivity index (χ4n) is 1.97. The summed E-state index contributed by atoms with van der Waals surface area (Å²) in [7, 11) is 0. The van der Waals surface area contributed by atoms with Crippen LogP contribution in [0.5, 0.6) is 0 Å². The molecule has 2 N–H and O–H groups in total. The Morgan fingerprint density at radius 2 is 1.79 bits per heavy atom. The molecule has 3 atom stereocenters. The molecule has 0 aliphatic heterocycles. The normalized spacial score (nSPS) is 16.3. The number of rotatable bonds is 13. The van der Waals surface area contributed by atoms with Crippen molar-refractivity contribution in [1.82, 2.24) is 5.32 Å². The summed E-state index contributed by atoms with van der Waals surface area (Å²) < 4.78 is 5.64. The first-order valence-electron chi connectivity index (χ1n) is 8.10. The average molecular weight is 273 g/mol. The van der Waals surface area contributed by atoms with Gasteiger partial charge in [0.2, 0.25) is 0 Å². The van der Waals surface area contributed by atoms with Crippen LogP contribution in [0.2, 0.25) is 0 Å². The van der Waals surface area contributed by atoms with Crippen molar-refractivity contribution in [2.45, 2.75) is 65.9 Å². The minimum Gasteiger partial charge on any atom is -0.389 e. The van der Waals surface area contributed by atoms with E-state index in [4.69, 9.17) is 4.74 Å². The van der Waals surface area contributed by atoms with Crippen molar-refractivity contribution in [3.63, 3.8) is 0 Å². The third-order valence-corrected chi connectivity index (χ3v) is 3.78. The summed E-state index contributed by atoms with van der Waals surface area (Å²) in [6.45, 7) is 11.7. The van der Waals surface area contributed by atoms with Crippen molar-refractivity contribution < 1.29 is 9.84 Å². The van der Waals surface area contributed by atoms with Gasteiger partial charge in [-0.3, -0.25) is 0 Å². The van der Waals surface area contributed by atoms with Gasteiger partial charge in [0, 0.05) is 13.2 Å². The first-order valence-corrected chi connectivity index (χ1v) is 8.10. The predicted molar refractivity (Wildman–Crippen MR) is 82.5 cm³/mol. The predicted octanol–water partition coefficient (Wildman–Crippen LogP) is 3.22. The van der Waals surface area contributed by atoms with Crippen LogP contribution in [0.1, 0.15) is 59.8 Å². The summed E-state index contributed by atoms with van der Waals surface area (Å²) in [6, 6.07) is 0. The smallest absolute Gasteiger partial charge is 0.0897 e. The lowest BCUT2D eigenvalue weighted by molar-refractivity contribution is 0.0191. The molecule has 0 aromatic carbocycles. The molecule has 0 saturated carbocycles. The Hall–Kier alpha value is -0.120. The second-order valence-electron chi connectivity index (χ2n) is 5.78. The van der Waals surface area contributed by atoms with Crippen LogP contribution in [-0.2, 0) is 4.74 Å². The third-order valence-electron chi connectivity index (χ3n) is 3.78. The quantitative estimate of drug-likeness (QED) is 0.541. The van der Waals surface area contributed by atoms with Gasteiger partial charge in [0.15, 0.2) is 0 Å². The summed E-state index contributed by atoms with van der Waals surface area (Å²) in [5.41, 5.74) is 0. The molecular formula is C16H35NO2. The Morgan fingerprint density at radius 1 is 1.05 bits per heavy atom. The summed E-state index contributed by atoms with van der Waals surface area (Å²) >= 11 is 0. The molecule has 0 rings (SSSR count). The molecule has 0 radical (unpaired) electrons. The molecule has 0 bridgehead atoms. The highest BCUT2D eigenvalue weighted by molar-refractivity contribution is 4.62. The van der Waals surface area contributed by atoms with E-state index < -0.39 is 0 Å². The van der Waals surface area contributed by atoms with Crippen molar-refractivity contribution in [2.24, 2.45) is 11.8 Å². The third kappa shape index (κ3) is 11.4. The van der Waals surface area contributed by atoms with Gasteiger partial charge in [-0.2, -0.15) is 0 Å². The standard InChI is InChI=1S/C16H35NO2/c1-5-8-9-15(7-3)12-19-13-16(18)11-17-10-14(4)6-2/h14-18H,5-13H2,1-4H3. The zero-order valence-electron chi connectivity index (χ0n) is 13.5. The number of aliphatic hydroxyl groups is 1. The number of hydrogen-bond donors (Lipinski definition) is 2. The number of nitrogens with one attached hydrogen (secondary N) is 1. The van der Waals surface area contributed by atoms with Gasteiger partial charge in [-0.25, -0.2) is 0 Å². The first-order chi connectivity index (χ1) is 9.13. The van der Waals surface area contributed by atoms with E-state index in [1.165, 1.54) is 32.1 Å². The van der Waals surface area contributed by atoms with Crippen LogP contribution in [0.25, 0.3) is 0 Å². The molecule has 0 heterocycles. The number of ether oxygens (including phenoxy) is 1. The van der Waals surface area contributed by atoms with Crippen molar-refractivity contribution >= 4 is 0 Å². The Kier molecular flexibility index (Phi) is 12.8. The van der Waals surface area contributed by atoms with Gasteiger partial charge in [-0.1, -0.05) is 53.4 Å². The summed E-state index contributed by atoms with van der Waals surface area (Å²) in [5, 5.41) is 13.1. The molecule has 0 aliphatic rings. The van der Waals surface area contributed by atoms with E-state index in [1.54, 1.807) is 0 Å². The summed E-state index contributed by atoms with van der Waals surface area (Å²) in [4.78, 5) is 0. The molecule has 3 nitrogen and oxygen atoms in total. The molecule has 116 valence electrons. The Bertz CT molecular complexity index is 188. The highest BCUT2D eigenvalue weighted by atomic mass is 16.5. The van der Waals surface area contributed by atoms with Gasteiger partial charge in [0.25, 0.3) is 0 Å². The van der Waals surface area contributed by atoms with E-state index >= 15 is 0 Å². The minimum atomic E-state index is -0.382. The molecule has 0 aromatic heterocycles. The lowest BCUT2D eigenvalue weighted by atomic mass is 10.0. The Labute approximate surface area is 120 Å². The van der Waals surface area contributed by atoms with Gasteiger partial charge in [0.1, 0.15) is 0 Å². The van der Waals surface area contributed by atoms with Gasteiger partial charge in [0.05, 0.1) is 12.7 Å². The Balaban J connectivity index is 3.52. The monoisotopic (exact) mass is 273 g/mol. The topological polar surface area (TPSA) is 41.5 Å². The number of unbranched alkanes of at least 4 members (excludes halogenated alkanes) is 1. The lowest BCUT2D eigenvalue weighted by Gasteiger charge is -2.18. The van der Waals surface area contributed by atoms with Gasteiger partial charge in [-0.05, 0) is 24.8 Å². The van der Waals surface area contributed by atoms with E-state index in [0.29, 0.717) is 25.0 Å². The first kappa shape index (κ1) is 18.9. The van der Waals surface area contributed by atoms with E-state index in [2.05, 4.69) is 33.0 Å². The van der Waals surface area contributed by atoms with Crippen LogP contribution in [0.3, 0.4) is 0 Å². The lowest BCUT2D eigenvalue weighted by Crippen LogP contribution is -2.33. The second kappa shape index (κ2) is 12.9. The molecule has 0 aromatic rings. The molecule has 0 saturated heterocycles. The van der Waals surface area contributed by atoms with Gasteiger partial charge >= 0.3 is 0 Å². The molecular weight excluding hydrogens is 238 g/mol. The van der Waals surface area contributed by atoms with Crippen LogP contribution in [0.4, 0.5) is 0 Å². The second-order valence-corrected chi connectivity index (χ2v) is 5.78. The zero-order valence-corrected chi connectivity index (χ0v) is 13.5. The Morgan fingerprint density at radius 3 is 2.37 bits per heavy atom. The largest absolute Gasteiger partial charge is 0.389 e. The molecule has 0 aliphatic carbocycles. The maximum absolute atomic E-state index is 9.81. The van der Waals surface area contributed by atoms with Gasteiger partial charge in [-0.15, -0.1) is 0 Å². The van der Waals surface area contributed by atoms with Crippen LogP contribution in [0, 0.1) is 11.8 Å².